The summed E-state index contributed by atoms with van der Waals surface area (Å²) < 4.78 is 4.19. The molecule has 1 amide bonds. The van der Waals surface area contributed by atoms with Crippen LogP contribution in [0.15, 0.2) is 0 Å². The van der Waals surface area contributed by atoms with Crippen LogP contribution in [0.4, 0.5) is 0 Å². The van der Waals surface area contributed by atoms with Crippen molar-refractivity contribution in [2.24, 2.45) is 5.73 Å². The van der Waals surface area contributed by atoms with Crippen LogP contribution >= 0.6 is 15.9 Å². The Kier molecular flexibility index (Phi) is 3.22. The number of hydrogen-bond donors (Lipinski definition) is 1. The third kappa shape index (κ3) is 2.46. The third-order valence-corrected chi connectivity index (χ3v) is 1.48. The van der Waals surface area contributed by atoms with Gasteiger partial charge in [0.1, 0.15) is 0 Å². The van der Waals surface area contributed by atoms with Crippen molar-refractivity contribution < 1.29 is 14.3 Å². The molecule has 0 bridgehead atoms. The molecular formula is C4H6BrNO3. The molecule has 0 aromatic heterocycles. The number of halogens is 1. The average Bonchev–Trinajstić information content (AvgIpc) is 1.84. The van der Waals surface area contributed by atoms with Gasteiger partial charge in [-0.2, -0.15) is 0 Å². The fourth-order valence-corrected chi connectivity index (χ4v) is 0.407. The number of carbonyl (C=O) groups excluding carboxylic acids is 2. The van der Waals surface area contributed by atoms with Gasteiger partial charge in [-0.05, 0) is 0 Å². The van der Waals surface area contributed by atoms with Crippen LogP contribution in [0.25, 0.3) is 0 Å². The summed E-state index contributed by atoms with van der Waals surface area (Å²) in [6.45, 7) is 0. The highest BCUT2D eigenvalue weighted by molar-refractivity contribution is 9.10. The van der Waals surface area contributed by atoms with Crippen LogP contribution in [0.1, 0.15) is 0 Å². The zero-order chi connectivity index (χ0) is 7.44. The third-order valence-electron chi connectivity index (χ3n) is 0.658. The van der Waals surface area contributed by atoms with Crippen LogP contribution in [-0.4, -0.2) is 23.8 Å². The summed E-state index contributed by atoms with van der Waals surface area (Å²) in [5.41, 5.74) is 4.73. The van der Waals surface area contributed by atoms with Crippen LogP contribution in [-0.2, 0) is 14.3 Å². The van der Waals surface area contributed by atoms with Gasteiger partial charge in [0.2, 0.25) is 5.91 Å². The highest BCUT2D eigenvalue weighted by Crippen LogP contribution is 1.99. The first-order chi connectivity index (χ1) is 4.09. The van der Waals surface area contributed by atoms with Crippen LogP contribution in [0.2, 0.25) is 0 Å². The number of amides is 1. The topological polar surface area (TPSA) is 69.4 Å². The minimum absolute atomic E-state index is 0.678. The molecule has 0 fully saturated rings. The Morgan fingerprint density at radius 2 is 2.11 bits per heavy atom. The summed E-state index contributed by atoms with van der Waals surface area (Å²) in [7, 11) is 1.18. The number of ether oxygens (including phenoxy) is 1. The van der Waals surface area contributed by atoms with E-state index in [1.54, 1.807) is 0 Å². The molecule has 0 saturated heterocycles. The van der Waals surface area contributed by atoms with Crippen LogP contribution in [0, 0.1) is 0 Å². The molecule has 4 nitrogen and oxygen atoms in total. The van der Waals surface area contributed by atoms with Gasteiger partial charge >= 0.3 is 5.97 Å². The summed E-state index contributed by atoms with van der Waals surface area (Å²) in [4.78, 5) is 19.5. The van der Waals surface area contributed by atoms with E-state index in [2.05, 4.69) is 20.7 Å². The molecule has 0 aromatic rings. The molecule has 5 heteroatoms. The van der Waals surface area contributed by atoms with E-state index in [1.807, 2.05) is 0 Å². The van der Waals surface area contributed by atoms with Crippen molar-refractivity contribution in [3.05, 3.63) is 0 Å². The largest absolute Gasteiger partial charge is 0.468 e. The zero-order valence-electron chi connectivity index (χ0n) is 4.76. The number of methoxy groups -OCH3 is 1. The first-order valence-electron chi connectivity index (χ1n) is 2.10. The number of rotatable bonds is 2. The Morgan fingerprint density at radius 1 is 1.67 bits per heavy atom. The van der Waals surface area contributed by atoms with Gasteiger partial charge < -0.3 is 10.5 Å². The summed E-state index contributed by atoms with van der Waals surface area (Å²) >= 11 is 2.72. The summed E-state index contributed by atoms with van der Waals surface area (Å²) in [6, 6.07) is 0. The molecule has 0 radical (unpaired) electrons. The van der Waals surface area contributed by atoms with Gasteiger partial charge in [0.25, 0.3) is 0 Å². The van der Waals surface area contributed by atoms with Gasteiger partial charge in [0, 0.05) is 0 Å². The van der Waals surface area contributed by atoms with Gasteiger partial charge in [0.15, 0.2) is 4.83 Å². The van der Waals surface area contributed by atoms with E-state index in [0.717, 1.165) is 0 Å². The summed E-state index contributed by atoms with van der Waals surface area (Å²) in [5.74, 6) is -1.43. The van der Waals surface area contributed by atoms with E-state index >= 15 is 0 Å². The first-order valence-corrected chi connectivity index (χ1v) is 3.02. The molecule has 52 valence electrons. The highest BCUT2D eigenvalue weighted by atomic mass is 79.9. The van der Waals surface area contributed by atoms with E-state index in [0.29, 0.717) is 0 Å². The van der Waals surface area contributed by atoms with Crippen molar-refractivity contribution in [3.8, 4) is 0 Å². The minimum Gasteiger partial charge on any atom is -0.468 e. The van der Waals surface area contributed by atoms with E-state index in [4.69, 9.17) is 5.73 Å². The van der Waals surface area contributed by atoms with E-state index in [-0.39, 0.29) is 0 Å². The molecule has 1 atom stereocenters. The Bertz CT molecular complexity index is 136. The molecule has 0 aliphatic carbocycles. The molecule has 0 aliphatic rings. The van der Waals surface area contributed by atoms with Crippen LogP contribution in [0.5, 0.6) is 0 Å². The second kappa shape index (κ2) is 3.45. The Morgan fingerprint density at radius 3 is 2.22 bits per heavy atom. The Labute approximate surface area is 60.5 Å². The molecule has 1 unspecified atom stereocenters. The molecule has 0 spiro atoms. The number of alkyl halides is 1. The normalized spacial score (nSPS) is 12.2. The SMILES string of the molecule is COC(=O)C(Br)C(N)=O. The molecule has 0 aliphatic heterocycles. The predicted octanol–water partition coefficient (Wildman–Crippen LogP) is -0.592. The molecule has 0 saturated carbocycles. The van der Waals surface area contributed by atoms with E-state index in [1.165, 1.54) is 7.11 Å². The van der Waals surface area contributed by atoms with Crippen LogP contribution < -0.4 is 5.73 Å². The lowest BCUT2D eigenvalue weighted by Crippen LogP contribution is -2.31. The maximum absolute atomic E-state index is 10.4. The van der Waals surface area contributed by atoms with E-state index < -0.39 is 16.7 Å². The minimum atomic E-state index is -1.03. The quantitative estimate of drug-likeness (QED) is 0.364. The number of nitrogens with two attached hydrogens (primary N) is 1. The van der Waals surface area contributed by atoms with Gasteiger partial charge in [-0.25, -0.2) is 0 Å². The van der Waals surface area contributed by atoms with Crippen molar-refractivity contribution in [2.75, 3.05) is 7.11 Å². The lowest BCUT2D eigenvalue weighted by atomic mass is 10.4. The summed E-state index contributed by atoms with van der Waals surface area (Å²) in [6.07, 6.45) is 0. The molecule has 0 aromatic carbocycles. The molecule has 2 N–H and O–H groups in total. The molecular weight excluding hydrogens is 190 g/mol. The maximum atomic E-state index is 10.4. The fraction of sp³-hybridized carbons (Fsp3) is 0.500. The molecule has 0 rings (SSSR count). The number of carbonyl (C=O) groups is 2. The monoisotopic (exact) mass is 195 g/mol. The van der Waals surface area contributed by atoms with Crippen molar-refractivity contribution in [1.29, 1.82) is 0 Å². The number of hydrogen-bond acceptors (Lipinski definition) is 3. The zero-order valence-corrected chi connectivity index (χ0v) is 6.34. The van der Waals surface area contributed by atoms with Crippen LogP contribution in [0.3, 0.4) is 0 Å². The highest BCUT2D eigenvalue weighted by Gasteiger charge is 2.20. The van der Waals surface area contributed by atoms with Crippen molar-refractivity contribution in [2.45, 2.75) is 4.83 Å². The van der Waals surface area contributed by atoms with Gasteiger partial charge in [-0.1, -0.05) is 15.9 Å². The predicted molar refractivity (Wildman–Crippen MR) is 33.9 cm³/mol. The number of primary amides is 1. The van der Waals surface area contributed by atoms with E-state index in [9.17, 15) is 9.59 Å². The Hall–Kier alpha value is -0.580. The molecule has 9 heavy (non-hydrogen) atoms. The van der Waals surface area contributed by atoms with Gasteiger partial charge in [-0.3, -0.25) is 9.59 Å². The second-order valence-electron chi connectivity index (χ2n) is 1.29. The van der Waals surface area contributed by atoms with Crippen molar-refractivity contribution in [1.82, 2.24) is 0 Å². The van der Waals surface area contributed by atoms with Gasteiger partial charge in [-0.15, -0.1) is 0 Å². The smallest absolute Gasteiger partial charge is 0.329 e. The number of esters is 1. The second-order valence-corrected chi connectivity index (χ2v) is 2.20. The standard InChI is InChI=1S/C4H6BrNO3/c1-9-4(8)2(5)3(6)7/h2H,1H3,(H2,6,7). The van der Waals surface area contributed by atoms with Crippen molar-refractivity contribution >= 4 is 27.8 Å². The lowest BCUT2D eigenvalue weighted by molar-refractivity contribution is -0.142. The summed E-state index contributed by atoms with van der Waals surface area (Å²) in [5, 5.41) is 0. The fourth-order valence-electron chi connectivity index (χ4n) is 0.220. The van der Waals surface area contributed by atoms with Gasteiger partial charge in [0.05, 0.1) is 7.11 Å². The van der Waals surface area contributed by atoms with Crippen molar-refractivity contribution in [3.63, 3.8) is 0 Å². The lowest BCUT2D eigenvalue weighted by Gasteiger charge is -2.00. The Balaban J connectivity index is 3.88. The first kappa shape index (κ1) is 8.42. The average molecular weight is 196 g/mol. The maximum Gasteiger partial charge on any atom is 0.329 e. The molecule has 0 heterocycles.